The fourth-order valence-corrected chi connectivity index (χ4v) is 2.33. The van der Waals surface area contributed by atoms with Crippen LogP contribution in [0.1, 0.15) is 39.4 Å². The molecule has 0 saturated heterocycles. The highest BCUT2D eigenvalue weighted by Gasteiger charge is 2.23. The van der Waals surface area contributed by atoms with Gasteiger partial charge in [0.1, 0.15) is 17.1 Å². The molecule has 2 aromatic rings. The highest BCUT2D eigenvalue weighted by atomic mass is 16.5. The van der Waals surface area contributed by atoms with E-state index in [2.05, 4.69) is 10.4 Å². The number of nitrogens with one attached hydrogen (secondary N) is 1. The number of aryl methyl sites for hydroxylation is 1. The third kappa shape index (κ3) is 3.48. The van der Waals surface area contributed by atoms with Crippen LogP contribution in [-0.2, 0) is 7.05 Å². The Morgan fingerprint density at radius 1 is 1.29 bits per heavy atom. The number of aromatic carboxylic acids is 1. The second kappa shape index (κ2) is 7.03. The lowest BCUT2D eigenvalue weighted by Crippen LogP contribution is -2.28. The fraction of sp³-hybridized carbons (Fsp3) is 0.312. The Morgan fingerprint density at radius 3 is 2.58 bits per heavy atom. The minimum absolute atomic E-state index is 0.140. The molecule has 24 heavy (non-hydrogen) atoms. The van der Waals surface area contributed by atoms with Crippen molar-refractivity contribution in [3.8, 4) is 11.5 Å². The van der Waals surface area contributed by atoms with Gasteiger partial charge in [-0.15, -0.1) is 0 Å². The maximum Gasteiger partial charge on any atom is 0.339 e. The Bertz CT molecular complexity index is 769. The highest BCUT2D eigenvalue weighted by molar-refractivity contribution is 6.03. The largest absolute Gasteiger partial charge is 0.497 e. The summed E-state index contributed by atoms with van der Waals surface area (Å²) in [5.41, 5.74) is 0.413. The monoisotopic (exact) mass is 333 g/mol. The Morgan fingerprint density at radius 2 is 2.00 bits per heavy atom. The van der Waals surface area contributed by atoms with Crippen LogP contribution in [0.2, 0.25) is 0 Å². The van der Waals surface area contributed by atoms with Crippen LogP contribution in [0.15, 0.2) is 24.4 Å². The van der Waals surface area contributed by atoms with Crippen molar-refractivity contribution in [1.82, 2.24) is 15.1 Å². The van der Waals surface area contributed by atoms with Gasteiger partial charge in [-0.3, -0.25) is 9.48 Å². The van der Waals surface area contributed by atoms with Crippen LogP contribution in [0, 0.1) is 0 Å². The van der Waals surface area contributed by atoms with Crippen LogP contribution >= 0.6 is 0 Å². The first-order valence-electron chi connectivity index (χ1n) is 7.17. The summed E-state index contributed by atoms with van der Waals surface area (Å²) in [4.78, 5) is 23.6. The van der Waals surface area contributed by atoms with E-state index in [1.54, 1.807) is 39.3 Å². The molecule has 0 aliphatic heterocycles. The lowest BCUT2D eigenvalue weighted by atomic mass is 10.1. The summed E-state index contributed by atoms with van der Waals surface area (Å²) in [6.45, 7) is 1.76. The molecule has 1 unspecified atom stereocenters. The minimum Gasteiger partial charge on any atom is -0.497 e. The van der Waals surface area contributed by atoms with Gasteiger partial charge < -0.3 is 19.9 Å². The van der Waals surface area contributed by atoms with Gasteiger partial charge in [0.05, 0.1) is 20.3 Å². The molecule has 0 bridgehead atoms. The van der Waals surface area contributed by atoms with E-state index >= 15 is 0 Å². The van der Waals surface area contributed by atoms with Crippen molar-refractivity contribution in [3.05, 3.63) is 41.2 Å². The van der Waals surface area contributed by atoms with Crippen molar-refractivity contribution in [2.24, 2.45) is 7.05 Å². The Hall–Kier alpha value is -3.03. The summed E-state index contributed by atoms with van der Waals surface area (Å²) in [5.74, 6) is -0.579. The SMILES string of the molecule is COc1ccc(OC)c(C(C)NC(=O)c2nn(C)cc2C(=O)O)c1. The van der Waals surface area contributed by atoms with Crippen LogP contribution in [0.5, 0.6) is 11.5 Å². The number of hydrogen-bond acceptors (Lipinski definition) is 5. The topological polar surface area (TPSA) is 103 Å². The lowest BCUT2D eigenvalue weighted by molar-refractivity contribution is 0.0690. The van der Waals surface area contributed by atoms with Gasteiger partial charge in [-0.25, -0.2) is 4.79 Å². The molecule has 0 saturated carbocycles. The number of hydrogen-bond donors (Lipinski definition) is 2. The molecule has 1 amide bonds. The molecule has 1 atom stereocenters. The van der Waals surface area contributed by atoms with Crippen LogP contribution < -0.4 is 14.8 Å². The first-order valence-corrected chi connectivity index (χ1v) is 7.17. The highest BCUT2D eigenvalue weighted by Crippen LogP contribution is 2.29. The van der Waals surface area contributed by atoms with Gasteiger partial charge in [0.25, 0.3) is 5.91 Å². The van der Waals surface area contributed by atoms with Gasteiger partial charge in [0.2, 0.25) is 0 Å². The van der Waals surface area contributed by atoms with E-state index in [1.165, 1.54) is 18.0 Å². The summed E-state index contributed by atoms with van der Waals surface area (Å²) in [7, 11) is 4.63. The smallest absolute Gasteiger partial charge is 0.339 e. The zero-order valence-electron chi connectivity index (χ0n) is 13.9. The van der Waals surface area contributed by atoms with Gasteiger partial charge in [-0.1, -0.05) is 0 Å². The molecule has 8 nitrogen and oxygen atoms in total. The third-order valence-electron chi connectivity index (χ3n) is 3.53. The van der Waals surface area contributed by atoms with Crippen LogP contribution in [0.3, 0.4) is 0 Å². The van der Waals surface area contributed by atoms with E-state index < -0.39 is 17.9 Å². The maximum atomic E-state index is 12.4. The minimum atomic E-state index is -1.21. The molecule has 1 aromatic carbocycles. The number of aromatic nitrogens is 2. The second-order valence-electron chi connectivity index (χ2n) is 5.17. The zero-order chi connectivity index (χ0) is 17.9. The molecule has 0 spiro atoms. The average molecular weight is 333 g/mol. The zero-order valence-corrected chi connectivity index (χ0v) is 13.9. The van der Waals surface area contributed by atoms with Gasteiger partial charge in [-0.05, 0) is 25.1 Å². The Kier molecular flexibility index (Phi) is 5.08. The van der Waals surface area contributed by atoms with E-state index in [9.17, 15) is 9.59 Å². The molecule has 0 aliphatic rings. The number of carboxylic acids is 1. The molecule has 2 rings (SSSR count). The number of carbonyl (C=O) groups excluding carboxylic acids is 1. The van der Waals surface area contributed by atoms with Crippen molar-refractivity contribution < 1.29 is 24.2 Å². The number of ether oxygens (including phenoxy) is 2. The molecule has 8 heteroatoms. The predicted octanol–water partition coefficient (Wildman–Crippen LogP) is 1.63. The van der Waals surface area contributed by atoms with E-state index in [0.717, 1.165) is 0 Å². The molecule has 1 heterocycles. The quantitative estimate of drug-likeness (QED) is 0.833. The molecule has 1 aromatic heterocycles. The third-order valence-corrected chi connectivity index (χ3v) is 3.53. The van der Waals surface area contributed by atoms with Crippen LogP contribution in [0.25, 0.3) is 0 Å². The predicted molar refractivity (Wildman–Crippen MR) is 85.6 cm³/mol. The standard InChI is InChI=1S/C16H19N3O5/c1-9(11-7-10(23-3)5-6-13(11)24-4)17-15(20)14-12(16(21)22)8-19(2)18-14/h5-9H,1-4H3,(H,17,20)(H,21,22). The maximum absolute atomic E-state index is 12.4. The number of nitrogens with zero attached hydrogens (tertiary/aromatic N) is 2. The number of rotatable bonds is 6. The van der Waals surface area contributed by atoms with Gasteiger partial charge >= 0.3 is 5.97 Å². The Labute approximate surface area is 139 Å². The van der Waals surface area contributed by atoms with Gasteiger partial charge in [-0.2, -0.15) is 5.10 Å². The number of carboxylic acid groups (broad SMARTS) is 1. The number of amides is 1. The molecular formula is C16H19N3O5. The Balaban J connectivity index is 2.28. The van der Waals surface area contributed by atoms with E-state index in [0.29, 0.717) is 17.1 Å². The summed E-state index contributed by atoms with van der Waals surface area (Å²) in [6.07, 6.45) is 1.29. The van der Waals surface area contributed by atoms with Gasteiger partial charge in [0, 0.05) is 18.8 Å². The molecular weight excluding hydrogens is 314 g/mol. The van der Waals surface area contributed by atoms with E-state index in [1.807, 2.05) is 0 Å². The van der Waals surface area contributed by atoms with Crippen molar-refractivity contribution in [2.75, 3.05) is 14.2 Å². The van der Waals surface area contributed by atoms with E-state index in [4.69, 9.17) is 14.6 Å². The first-order chi connectivity index (χ1) is 11.4. The molecule has 0 radical (unpaired) electrons. The lowest BCUT2D eigenvalue weighted by Gasteiger charge is -2.18. The van der Waals surface area contributed by atoms with Gasteiger partial charge in [0.15, 0.2) is 5.69 Å². The summed E-state index contributed by atoms with van der Waals surface area (Å²) >= 11 is 0. The first kappa shape index (κ1) is 17.3. The average Bonchev–Trinajstić information content (AvgIpc) is 2.96. The summed E-state index contributed by atoms with van der Waals surface area (Å²) < 4.78 is 11.8. The summed E-state index contributed by atoms with van der Waals surface area (Å²) in [5, 5.41) is 15.8. The van der Waals surface area contributed by atoms with Crippen molar-refractivity contribution >= 4 is 11.9 Å². The molecule has 128 valence electrons. The van der Waals surface area contributed by atoms with Crippen molar-refractivity contribution in [2.45, 2.75) is 13.0 Å². The van der Waals surface area contributed by atoms with Crippen molar-refractivity contribution in [1.29, 1.82) is 0 Å². The molecule has 0 fully saturated rings. The van der Waals surface area contributed by atoms with Crippen molar-refractivity contribution in [3.63, 3.8) is 0 Å². The second-order valence-corrected chi connectivity index (χ2v) is 5.17. The molecule has 0 aliphatic carbocycles. The number of benzene rings is 1. The van der Waals surface area contributed by atoms with Crippen LogP contribution in [0.4, 0.5) is 0 Å². The normalized spacial score (nSPS) is 11.7. The number of methoxy groups -OCH3 is 2. The number of carbonyl (C=O) groups is 2. The van der Waals surface area contributed by atoms with E-state index in [-0.39, 0.29) is 11.3 Å². The fourth-order valence-electron chi connectivity index (χ4n) is 2.33. The van der Waals surface area contributed by atoms with Crippen LogP contribution in [-0.4, -0.2) is 41.0 Å². The summed E-state index contributed by atoms with van der Waals surface area (Å²) in [6, 6.07) is 4.80. The molecule has 2 N–H and O–H groups in total.